The molecule has 1 fully saturated rings. The predicted molar refractivity (Wildman–Crippen MR) is 102 cm³/mol. The first kappa shape index (κ1) is 18.6. The monoisotopic (exact) mass is 370 g/mol. The Morgan fingerprint density at radius 2 is 1.92 bits per heavy atom. The lowest BCUT2D eigenvalue weighted by atomic mass is 10.2. The molecular formula is C16H23ClN4O2S. The van der Waals surface area contributed by atoms with Crippen LogP contribution >= 0.6 is 23.8 Å². The number of nitrogens with two attached hydrogens (primary N) is 1. The molecule has 3 N–H and O–H groups in total. The number of thiocarbonyl (C=S) groups is 1. The van der Waals surface area contributed by atoms with Crippen LogP contribution < -0.4 is 16.0 Å². The molecule has 8 heteroatoms. The Morgan fingerprint density at radius 3 is 2.42 bits per heavy atom. The third-order valence-corrected chi connectivity index (χ3v) is 3.89. The Labute approximate surface area is 152 Å². The number of hydrogen-bond acceptors (Lipinski definition) is 4. The molecule has 0 bridgehead atoms. The minimum atomic E-state index is -0.482. The minimum absolute atomic E-state index is 0.199. The van der Waals surface area contributed by atoms with E-state index < -0.39 is 5.60 Å². The molecule has 2 rings (SSSR count). The Balaban J connectivity index is 1.97. The number of ether oxygens (including phenoxy) is 1. The molecule has 0 atom stereocenters. The Hall–Kier alpha value is -1.73. The van der Waals surface area contributed by atoms with E-state index in [2.05, 4.69) is 10.2 Å². The molecule has 24 heavy (non-hydrogen) atoms. The standard InChI is InChI=1S/C16H23ClN4O2S/c1-16(2,3)23-15(22)21-8-6-20(7-9-21)13-5-4-11(10-12(13)17)19-14(18)24/h4-5,10H,6-9H2,1-3H3,(H3,18,19,24). The van der Waals surface area contributed by atoms with Gasteiger partial charge < -0.3 is 25.6 Å². The molecule has 1 aliphatic rings. The summed E-state index contributed by atoms with van der Waals surface area (Å²) in [6, 6.07) is 5.59. The lowest BCUT2D eigenvalue weighted by Crippen LogP contribution is -2.50. The number of halogens is 1. The van der Waals surface area contributed by atoms with E-state index in [0.717, 1.165) is 11.4 Å². The van der Waals surface area contributed by atoms with Crippen molar-refractivity contribution in [1.82, 2.24) is 4.90 Å². The van der Waals surface area contributed by atoms with E-state index in [1.54, 1.807) is 11.0 Å². The first-order chi connectivity index (χ1) is 11.2. The quantitative estimate of drug-likeness (QED) is 0.780. The molecule has 0 unspecified atom stereocenters. The van der Waals surface area contributed by atoms with Crippen LogP contribution in [-0.4, -0.2) is 47.9 Å². The van der Waals surface area contributed by atoms with Crippen molar-refractivity contribution in [3.63, 3.8) is 0 Å². The van der Waals surface area contributed by atoms with Gasteiger partial charge in [0.05, 0.1) is 10.7 Å². The summed E-state index contributed by atoms with van der Waals surface area (Å²) in [6.07, 6.45) is -0.274. The number of nitrogens with one attached hydrogen (secondary N) is 1. The van der Waals surface area contributed by atoms with Crippen LogP contribution in [0.1, 0.15) is 20.8 Å². The summed E-state index contributed by atoms with van der Waals surface area (Å²) in [7, 11) is 0. The fourth-order valence-electron chi connectivity index (χ4n) is 2.44. The first-order valence-electron chi connectivity index (χ1n) is 7.74. The fourth-order valence-corrected chi connectivity index (χ4v) is 2.86. The van der Waals surface area contributed by atoms with Crippen molar-refractivity contribution in [2.75, 3.05) is 36.4 Å². The van der Waals surface area contributed by atoms with E-state index >= 15 is 0 Å². The third kappa shape index (κ3) is 5.14. The highest BCUT2D eigenvalue weighted by atomic mass is 35.5. The topological polar surface area (TPSA) is 70.8 Å². The second-order valence-electron chi connectivity index (χ2n) is 6.61. The highest BCUT2D eigenvalue weighted by molar-refractivity contribution is 7.80. The van der Waals surface area contributed by atoms with Crippen molar-refractivity contribution in [3.8, 4) is 0 Å². The summed E-state index contributed by atoms with van der Waals surface area (Å²) < 4.78 is 5.40. The molecule has 1 saturated heterocycles. The number of carbonyl (C=O) groups excluding carboxylic acids is 1. The summed E-state index contributed by atoms with van der Waals surface area (Å²) in [4.78, 5) is 16.0. The lowest BCUT2D eigenvalue weighted by Gasteiger charge is -2.37. The molecule has 1 aromatic carbocycles. The van der Waals surface area contributed by atoms with Crippen LogP contribution in [0.5, 0.6) is 0 Å². The zero-order chi connectivity index (χ0) is 17.9. The van der Waals surface area contributed by atoms with Gasteiger partial charge in [-0.15, -0.1) is 0 Å². The number of piperazine rings is 1. The van der Waals surface area contributed by atoms with Gasteiger partial charge in [-0.1, -0.05) is 11.6 Å². The summed E-state index contributed by atoms with van der Waals surface area (Å²) in [6.45, 7) is 8.18. The smallest absolute Gasteiger partial charge is 0.410 e. The average Bonchev–Trinajstić information content (AvgIpc) is 2.45. The van der Waals surface area contributed by atoms with E-state index in [1.807, 2.05) is 32.9 Å². The van der Waals surface area contributed by atoms with Crippen LogP contribution in [0.15, 0.2) is 18.2 Å². The van der Waals surface area contributed by atoms with Crippen LogP contribution in [0.3, 0.4) is 0 Å². The third-order valence-electron chi connectivity index (χ3n) is 3.49. The van der Waals surface area contributed by atoms with Crippen molar-refractivity contribution in [2.24, 2.45) is 5.73 Å². The molecule has 0 aliphatic carbocycles. The van der Waals surface area contributed by atoms with Crippen LogP contribution in [0.4, 0.5) is 16.2 Å². The number of rotatable bonds is 2. The normalized spacial score (nSPS) is 15.2. The molecule has 0 saturated carbocycles. The van der Waals surface area contributed by atoms with Crippen LogP contribution in [0.2, 0.25) is 5.02 Å². The van der Waals surface area contributed by atoms with Gasteiger partial charge in [-0.3, -0.25) is 0 Å². The summed E-state index contributed by atoms with van der Waals surface area (Å²) in [5.74, 6) is 0. The van der Waals surface area contributed by atoms with Gasteiger partial charge in [0.25, 0.3) is 0 Å². The van der Waals surface area contributed by atoms with Gasteiger partial charge in [-0.25, -0.2) is 4.79 Å². The maximum absolute atomic E-state index is 12.1. The fraction of sp³-hybridized carbons (Fsp3) is 0.500. The number of carbonyl (C=O) groups is 1. The van der Waals surface area contributed by atoms with E-state index in [-0.39, 0.29) is 11.2 Å². The Kier molecular flexibility index (Phi) is 5.77. The van der Waals surface area contributed by atoms with Crippen LogP contribution in [-0.2, 0) is 4.74 Å². The summed E-state index contributed by atoms with van der Waals surface area (Å²) >= 11 is 11.2. The van der Waals surface area contributed by atoms with E-state index in [4.69, 9.17) is 34.3 Å². The number of benzene rings is 1. The van der Waals surface area contributed by atoms with Gasteiger partial charge in [-0.2, -0.15) is 0 Å². The molecule has 0 radical (unpaired) electrons. The molecule has 1 amide bonds. The number of nitrogens with zero attached hydrogens (tertiary/aromatic N) is 2. The maximum atomic E-state index is 12.1. The highest BCUT2D eigenvalue weighted by Gasteiger charge is 2.26. The number of anilines is 2. The first-order valence-corrected chi connectivity index (χ1v) is 8.53. The minimum Gasteiger partial charge on any atom is -0.444 e. The van der Waals surface area contributed by atoms with Gasteiger partial charge in [-0.05, 0) is 51.2 Å². The molecule has 132 valence electrons. The van der Waals surface area contributed by atoms with E-state index in [1.165, 1.54) is 0 Å². The Morgan fingerprint density at radius 1 is 1.29 bits per heavy atom. The molecule has 0 aromatic heterocycles. The van der Waals surface area contributed by atoms with Gasteiger partial charge in [0.15, 0.2) is 5.11 Å². The van der Waals surface area contributed by atoms with Crippen molar-refractivity contribution in [2.45, 2.75) is 26.4 Å². The van der Waals surface area contributed by atoms with Crippen molar-refractivity contribution < 1.29 is 9.53 Å². The van der Waals surface area contributed by atoms with Crippen molar-refractivity contribution in [1.29, 1.82) is 0 Å². The SMILES string of the molecule is CC(C)(C)OC(=O)N1CCN(c2ccc(NC(N)=S)cc2Cl)CC1. The largest absolute Gasteiger partial charge is 0.444 e. The zero-order valence-electron chi connectivity index (χ0n) is 14.1. The molecule has 0 spiro atoms. The van der Waals surface area contributed by atoms with Gasteiger partial charge in [0.2, 0.25) is 0 Å². The summed E-state index contributed by atoms with van der Waals surface area (Å²) in [5.41, 5.74) is 6.66. The van der Waals surface area contributed by atoms with Gasteiger partial charge >= 0.3 is 6.09 Å². The molecule has 1 aliphatic heterocycles. The average molecular weight is 371 g/mol. The van der Waals surface area contributed by atoms with Crippen molar-refractivity contribution in [3.05, 3.63) is 23.2 Å². The second kappa shape index (κ2) is 7.44. The maximum Gasteiger partial charge on any atom is 0.410 e. The molecule has 1 aromatic rings. The predicted octanol–water partition coefficient (Wildman–Crippen LogP) is 3.05. The molecule has 6 nitrogen and oxygen atoms in total. The van der Waals surface area contributed by atoms with Crippen molar-refractivity contribution >= 4 is 46.4 Å². The van der Waals surface area contributed by atoms with Gasteiger partial charge in [0.1, 0.15) is 5.60 Å². The molecular weight excluding hydrogens is 348 g/mol. The second-order valence-corrected chi connectivity index (χ2v) is 7.46. The molecule has 1 heterocycles. The van der Waals surface area contributed by atoms with E-state index in [9.17, 15) is 4.79 Å². The van der Waals surface area contributed by atoms with Gasteiger partial charge in [0, 0.05) is 31.9 Å². The number of hydrogen-bond donors (Lipinski definition) is 2. The van der Waals surface area contributed by atoms with Crippen LogP contribution in [0.25, 0.3) is 0 Å². The highest BCUT2D eigenvalue weighted by Crippen LogP contribution is 2.29. The zero-order valence-corrected chi connectivity index (χ0v) is 15.7. The van der Waals surface area contributed by atoms with Crippen LogP contribution in [0, 0.1) is 0 Å². The number of amides is 1. The lowest BCUT2D eigenvalue weighted by molar-refractivity contribution is 0.0240. The summed E-state index contributed by atoms with van der Waals surface area (Å²) in [5, 5.41) is 3.67. The Bertz CT molecular complexity index is 625. The van der Waals surface area contributed by atoms with E-state index in [0.29, 0.717) is 31.2 Å².